The van der Waals surface area contributed by atoms with Crippen LogP contribution in [0, 0.1) is 6.92 Å². The fraction of sp³-hybridized carbons (Fsp3) is 0.333. The summed E-state index contributed by atoms with van der Waals surface area (Å²) < 4.78 is 5.49. The highest BCUT2D eigenvalue weighted by Gasteiger charge is 2.20. The minimum Gasteiger partial charge on any atom is -0.423 e. The number of hydrogen-bond acceptors (Lipinski definition) is 3. The Kier molecular flexibility index (Phi) is 5.38. The summed E-state index contributed by atoms with van der Waals surface area (Å²) in [5.74, 6) is 0. The molecular weight excluding hydrogens is 364 g/mol. The second-order valence-electron chi connectivity index (χ2n) is 7.81. The van der Waals surface area contributed by atoms with Crippen molar-refractivity contribution in [3.05, 3.63) is 70.1 Å². The van der Waals surface area contributed by atoms with Crippen molar-refractivity contribution in [3.63, 3.8) is 0 Å². The molecule has 0 atom stereocenters. The smallest absolute Gasteiger partial charge is 0.336 e. The van der Waals surface area contributed by atoms with E-state index in [2.05, 4.69) is 0 Å². The predicted molar refractivity (Wildman–Crippen MR) is 115 cm³/mol. The monoisotopic (exact) mass is 390 g/mol. The molecule has 150 valence electrons. The molecule has 1 fully saturated rings. The normalized spacial score (nSPS) is 14.2. The molecule has 0 bridgehead atoms. The van der Waals surface area contributed by atoms with Crippen molar-refractivity contribution >= 4 is 17.0 Å². The average molecular weight is 390 g/mol. The van der Waals surface area contributed by atoms with E-state index >= 15 is 0 Å². The van der Waals surface area contributed by atoms with Crippen molar-refractivity contribution < 1.29 is 9.21 Å². The molecule has 0 N–H and O–H groups in total. The lowest BCUT2D eigenvalue weighted by molar-refractivity contribution is 0.151. The van der Waals surface area contributed by atoms with Crippen molar-refractivity contribution in [1.29, 1.82) is 0 Å². The third-order valence-corrected chi connectivity index (χ3v) is 5.62. The van der Waals surface area contributed by atoms with E-state index in [1.54, 1.807) is 11.0 Å². The van der Waals surface area contributed by atoms with E-state index in [9.17, 15) is 9.59 Å². The Morgan fingerprint density at radius 1 is 1.03 bits per heavy atom. The zero-order valence-electron chi connectivity index (χ0n) is 17.0. The Bertz CT molecular complexity index is 1100. The molecule has 29 heavy (non-hydrogen) atoms. The first-order chi connectivity index (χ1) is 14.0. The van der Waals surface area contributed by atoms with Gasteiger partial charge in [0.2, 0.25) is 0 Å². The predicted octanol–water partition coefficient (Wildman–Crippen LogP) is 4.81. The molecule has 2 aromatic carbocycles. The summed E-state index contributed by atoms with van der Waals surface area (Å²) in [6, 6.07) is 15.5. The zero-order chi connectivity index (χ0) is 20.4. The molecular formula is C24H26N2O3. The first kappa shape index (κ1) is 19.2. The number of likely N-dealkylation sites (tertiary alicyclic amines) is 1. The van der Waals surface area contributed by atoms with Crippen molar-refractivity contribution in [2.45, 2.75) is 32.7 Å². The molecule has 2 amide bonds. The lowest BCUT2D eigenvalue weighted by Gasteiger charge is -2.31. The fourth-order valence-electron chi connectivity index (χ4n) is 4.07. The van der Waals surface area contributed by atoms with Gasteiger partial charge >= 0.3 is 11.7 Å². The third kappa shape index (κ3) is 4.04. The summed E-state index contributed by atoms with van der Waals surface area (Å²) in [5.41, 5.74) is 4.12. The molecule has 5 nitrogen and oxygen atoms in total. The number of fused-ring (bicyclic) bond motifs is 1. The number of hydrogen-bond donors (Lipinski definition) is 0. The van der Waals surface area contributed by atoms with Crippen LogP contribution in [0.5, 0.6) is 0 Å². The van der Waals surface area contributed by atoms with Gasteiger partial charge in [-0.05, 0) is 48.9 Å². The molecule has 0 radical (unpaired) electrons. The fourth-order valence-corrected chi connectivity index (χ4v) is 4.07. The summed E-state index contributed by atoms with van der Waals surface area (Å²) in [6.45, 7) is 4.17. The number of urea groups is 1. The van der Waals surface area contributed by atoms with E-state index in [1.807, 2.05) is 61.3 Å². The second kappa shape index (κ2) is 8.11. The topological polar surface area (TPSA) is 53.8 Å². The van der Waals surface area contributed by atoms with Crippen LogP contribution in [0.15, 0.2) is 57.7 Å². The van der Waals surface area contributed by atoms with Crippen molar-refractivity contribution in [3.8, 4) is 11.1 Å². The molecule has 4 rings (SSSR count). The molecule has 1 aliphatic rings. The summed E-state index contributed by atoms with van der Waals surface area (Å²) in [5, 5.41) is 0.896. The van der Waals surface area contributed by atoms with E-state index in [4.69, 9.17) is 4.42 Å². The van der Waals surface area contributed by atoms with Crippen LogP contribution >= 0.6 is 0 Å². The van der Waals surface area contributed by atoms with E-state index < -0.39 is 0 Å². The lowest BCUT2D eigenvalue weighted by Crippen LogP contribution is -2.43. The molecule has 2 heterocycles. The summed E-state index contributed by atoms with van der Waals surface area (Å²) in [4.78, 5) is 28.5. The molecule has 1 aromatic heterocycles. The number of carbonyl (C=O) groups is 1. The summed E-state index contributed by atoms with van der Waals surface area (Å²) >= 11 is 0. The highest BCUT2D eigenvalue weighted by molar-refractivity contribution is 5.94. The maximum atomic E-state index is 12.7. The number of piperidine rings is 1. The van der Waals surface area contributed by atoms with Crippen LogP contribution < -0.4 is 5.63 Å². The number of benzene rings is 2. The van der Waals surface area contributed by atoms with Crippen LogP contribution in [0.1, 0.15) is 30.4 Å². The van der Waals surface area contributed by atoms with E-state index in [1.165, 1.54) is 6.42 Å². The zero-order valence-corrected chi connectivity index (χ0v) is 17.0. The van der Waals surface area contributed by atoms with Crippen LogP contribution in [0.3, 0.4) is 0 Å². The van der Waals surface area contributed by atoms with Gasteiger partial charge in [-0.1, -0.05) is 36.4 Å². The number of rotatable bonds is 3. The molecule has 5 heteroatoms. The van der Waals surface area contributed by atoms with E-state index in [0.717, 1.165) is 53.6 Å². The number of carbonyl (C=O) groups excluding carboxylic acids is 1. The maximum absolute atomic E-state index is 12.7. The summed E-state index contributed by atoms with van der Waals surface area (Å²) in [6.07, 6.45) is 3.34. The minimum absolute atomic E-state index is 0.0555. The standard InChI is InChI=1S/C24H26N2O3/c1-17-8-4-5-9-19(17)21-15-23(27)29-22-14-18(10-11-20(21)22)16-25(2)24(28)26-12-6-3-7-13-26/h4-5,8-11,14-15H,3,6-7,12-13,16H2,1-2H3. The molecule has 3 aromatic rings. The van der Waals surface area contributed by atoms with Gasteiger partial charge in [-0.3, -0.25) is 0 Å². The Morgan fingerprint density at radius 3 is 2.55 bits per heavy atom. The van der Waals surface area contributed by atoms with Crippen LogP contribution in [0.2, 0.25) is 0 Å². The molecule has 0 saturated carbocycles. The van der Waals surface area contributed by atoms with Crippen LogP contribution in [-0.4, -0.2) is 36.0 Å². The minimum atomic E-state index is -0.370. The molecule has 1 aliphatic heterocycles. The van der Waals surface area contributed by atoms with Crippen molar-refractivity contribution in [2.75, 3.05) is 20.1 Å². The van der Waals surface area contributed by atoms with Gasteiger partial charge in [-0.15, -0.1) is 0 Å². The molecule has 1 saturated heterocycles. The SMILES string of the molecule is Cc1ccccc1-c1cc(=O)oc2cc(CN(C)C(=O)N3CCCCC3)ccc12. The molecule has 0 aliphatic carbocycles. The van der Waals surface area contributed by atoms with Gasteiger partial charge in [0.1, 0.15) is 5.58 Å². The highest BCUT2D eigenvalue weighted by Crippen LogP contribution is 2.30. The Morgan fingerprint density at radius 2 is 1.79 bits per heavy atom. The number of nitrogens with zero attached hydrogens (tertiary/aromatic N) is 2. The van der Waals surface area contributed by atoms with Gasteiger partial charge < -0.3 is 14.2 Å². The number of amides is 2. The maximum Gasteiger partial charge on any atom is 0.336 e. The Hall–Kier alpha value is -3.08. The van der Waals surface area contributed by atoms with E-state index in [0.29, 0.717) is 12.1 Å². The first-order valence-corrected chi connectivity index (χ1v) is 10.2. The van der Waals surface area contributed by atoms with Gasteiger partial charge in [0.05, 0.1) is 0 Å². The largest absolute Gasteiger partial charge is 0.423 e. The lowest BCUT2D eigenvalue weighted by atomic mass is 9.97. The Balaban J connectivity index is 1.64. The van der Waals surface area contributed by atoms with Crippen LogP contribution in [0.25, 0.3) is 22.1 Å². The van der Waals surface area contributed by atoms with Gasteiger partial charge in [0.25, 0.3) is 0 Å². The summed E-state index contributed by atoms with van der Waals surface area (Å²) in [7, 11) is 1.82. The third-order valence-electron chi connectivity index (χ3n) is 5.62. The van der Waals surface area contributed by atoms with Crippen LogP contribution in [0.4, 0.5) is 4.79 Å². The molecule has 0 spiro atoms. The van der Waals surface area contributed by atoms with Gasteiger partial charge in [-0.2, -0.15) is 0 Å². The van der Waals surface area contributed by atoms with Gasteiger partial charge in [0, 0.05) is 43.7 Å². The molecule has 0 unspecified atom stereocenters. The average Bonchev–Trinajstić information content (AvgIpc) is 2.73. The second-order valence-corrected chi connectivity index (χ2v) is 7.81. The van der Waals surface area contributed by atoms with E-state index in [-0.39, 0.29) is 11.7 Å². The quantitative estimate of drug-likeness (QED) is 0.603. The number of aryl methyl sites for hydroxylation is 1. The highest BCUT2D eigenvalue weighted by atomic mass is 16.4. The van der Waals surface area contributed by atoms with Crippen molar-refractivity contribution in [2.24, 2.45) is 0 Å². The van der Waals surface area contributed by atoms with Gasteiger partial charge in [0.15, 0.2) is 0 Å². The Labute approximate surface area is 170 Å². The first-order valence-electron chi connectivity index (χ1n) is 10.2. The van der Waals surface area contributed by atoms with Crippen LogP contribution in [-0.2, 0) is 6.54 Å². The van der Waals surface area contributed by atoms with Gasteiger partial charge in [-0.25, -0.2) is 9.59 Å². The van der Waals surface area contributed by atoms with Crippen molar-refractivity contribution in [1.82, 2.24) is 9.80 Å².